The van der Waals surface area contributed by atoms with Crippen LogP contribution in [0.15, 0.2) is 18.2 Å². The van der Waals surface area contributed by atoms with Gasteiger partial charge in [-0.15, -0.1) is 0 Å². The van der Waals surface area contributed by atoms with E-state index in [1.807, 2.05) is 0 Å². The lowest BCUT2D eigenvalue weighted by Gasteiger charge is -2.17. The maximum absolute atomic E-state index is 11.1. The quantitative estimate of drug-likeness (QED) is 0.718. The molecule has 1 atom stereocenters. The van der Waals surface area contributed by atoms with Gasteiger partial charge in [0.15, 0.2) is 11.2 Å². The van der Waals surface area contributed by atoms with Crippen molar-refractivity contribution in [3.63, 3.8) is 0 Å². The van der Waals surface area contributed by atoms with Crippen LogP contribution in [-0.4, -0.2) is 16.2 Å². The second-order valence-corrected chi connectivity index (χ2v) is 4.16. The number of hydrogen-bond donors (Lipinski definition) is 3. The number of carbonyl (C=O) groups is 1. The molecule has 0 aliphatic heterocycles. The Morgan fingerprint density at radius 3 is 2.75 bits per heavy atom. The molecule has 0 aliphatic carbocycles. The van der Waals surface area contributed by atoms with Crippen molar-refractivity contribution >= 4 is 34.9 Å². The third-order valence-corrected chi connectivity index (χ3v) is 2.44. The van der Waals surface area contributed by atoms with Crippen molar-refractivity contribution in [3.05, 3.63) is 34.3 Å². The lowest BCUT2D eigenvalue weighted by atomic mass is 10.0. The smallest absolute Gasteiger partial charge is 0.330 e. The number of thiocarbonyl (C=S) groups is 1. The Bertz CT molecular complexity index is 437. The van der Waals surface area contributed by atoms with Gasteiger partial charge in [-0.1, -0.05) is 17.7 Å². The molecule has 0 heterocycles. The van der Waals surface area contributed by atoms with Crippen LogP contribution in [-0.2, 0) is 4.79 Å². The van der Waals surface area contributed by atoms with Crippen LogP contribution in [0.3, 0.4) is 0 Å². The summed E-state index contributed by atoms with van der Waals surface area (Å²) in [6, 6.07) is 4.05. The molecular formula is C10H11ClN2O2S. The summed E-state index contributed by atoms with van der Waals surface area (Å²) in [4.78, 5) is 11.1. The molecule has 86 valence electrons. The Morgan fingerprint density at radius 1 is 1.62 bits per heavy atom. The lowest BCUT2D eigenvalue weighted by molar-refractivity contribution is -0.139. The molecule has 0 fully saturated rings. The van der Waals surface area contributed by atoms with Gasteiger partial charge < -0.3 is 16.2 Å². The fourth-order valence-corrected chi connectivity index (χ4v) is 1.64. The third kappa shape index (κ3) is 3.08. The first kappa shape index (κ1) is 12.7. The number of aliphatic carboxylic acids is 1. The van der Waals surface area contributed by atoms with Gasteiger partial charge >= 0.3 is 5.97 Å². The van der Waals surface area contributed by atoms with Crippen molar-refractivity contribution in [1.82, 2.24) is 5.32 Å². The minimum absolute atomic E-state index is 0.0632. The molecule has 4 N–H and O–H groups in total. The summed E-state index contributed by atoms with van der Waals surface area (Å²) in [6.07, 6.45) is 0. The molecule has 0 amide bonds. The average molecular weight is 259 g/mol. The molecule has 0 aliphatic rings. The number of halogens is 1. The Morgan fingerprint density at radius 2 is 2.25 bits per heavy atom. The van der Waals surface area contributed by atoms with E-state index in [-0.39, 0.29) is 5.11 Å². The third-order valence-electron chi connectivity index (χ3n) is 2.09. The second kappa shape index (κ2) is 5.14. The first-order chi connectivity index (χ1) is 7.41. The predicted octanol–water partition coefficient (Wildman–Crippen LogP) is 1.61. The molecule has 0 radical (unpaired) electrons. The molecule has 1 aromatic rings. The minimum Gasteiger partial charge on any atom is -0.479 e. The number of benzene rings is 1. The van der Waals surface area contributed by atoms with Crippen LogP contribution >= 0.6 is 23.8 Å². The van der Waals surface area contributed by atoms with Crippen LogP contribution in [0, 0.1) is 6.92 Å². The molecule has 1 rings (SSSR count). The van der Waals surface area contributed by atoms with Gasteiger partial charge in [0.1, 0.15) is 0 Å². The number of carboxylic acids is 1. The summed E-state index contributed by atoms with van der Waals surface area (Å²) in [5.74, 6) is -1.06. The van der Waals surface area contributed by atoms with Crippen LogP contribution < -0.4 is 11.1 Å². The van der Waals surface area contributed by atoms with Gasteiger partial charge in [0.2, 0.25) is 0 Å². The van der Waals surface area contributed by atoms with E-state index in [9.17, 15) is 4.79 Å². The van der Waals surface area contributed by atoms with E-state index in [2.05, 4.69) is 17.5 Å². The van der Waals surface area contributed by atoms with E-state index in [0.717, 1.165) is 5.56 Å². The van der Waals surface area contributed by atoms with Gasteiger partial charge in [-0.2, -0.15) is 0 Å². The highest BCUT2D eigenvalue weighted by atomic mass is 35.5. The van der Waals surface area contributed by atoms with Crippen molar-refractivity contribution in [2.45, 2.75) is 13.0 Å². The molecule has 4 nitrogen and oxygen atoms in total. The van der Waals surface area contributed by atoms with Crippen molar-refractivity contribution in [1.29, 1.82) is 0 Å². The van der Waals surface area contributed by atoms with Gasteiger partial charge in [0.25, 0.3) is 0 Å². The highest BCUT2D eigenvalue weighted by Gasteiger charge is 2.21. The highest BCUT2D eigenvalue weighted by molar-refractivity contribution is 7.80. The predicted molar refractivity (Wildman–Crippen MR) is 66.5 cm³/mol. The molecule has 1 aromatic carbocycles. The summed E-state index contributed by atoms with van der Waals surface area (Å²) < 4.78 is 0. The summed E-state index contributed by atoms with van der Waals surface area (Å²) in [5.41, 5.74) is 6.64. The van der Waals surface area contributed by atoms with E-state index in [4.69, 9.17) is 22.4 Å². The fourth-order valence-electron chi connectivity index (χ4n) is 1.34. The van der Waals surface area contributed by atoms with E-state index in [1.54, 1.807) is 25.1 Å². The first-order valence-electron chi connectivity index (χ1n) is 4.46. The number of nitrogens with two attached hydrogens (primary N) is 1. The molecule has 0 spiro atoms. The zero-order valence-corrected chi connectivity index (χ0v) is 10.1. The largest absolute Gasteiger partial charge is 0.479 e. The number of nitrogens with one attached hydrogen (secondary N) is 1. The van der Waals surface area contributed by atoms with Crippen molar-refractivity contribution in [2.24, 2.45) is 5.73 Å². The SMILES string of the molecule is Cc1ccc(Cl)cc1C(NC(N)=S)C(=O)O. The highest BCUT2D eigenvalue weighted by Crippen LogP contribution is 2.22. The van der Waals surface area contributed by atoms with Gasteiger partial charge in [-0.3, -0.25) is 0 Å². The Kier molecular flexibility index (Phi) is 4.09. The molecule has 0 aromatic heterocycles. The fraction of sp³-hybridized carbons (Fsp3) is 0.200. The standard InChI is InChI=1S/C10H11ClN2O2S/c1-5-2-3-6(11)4-7(5)8(9(14)15)13-10(12)16/h2-4,8H,1H3,(H,14,15)(H3,12,13,16). The van der Waals surface area contributed by atoms with E-state index in [0.29, 0.717) is 10.6 Å². The Hall–Kier alpha value is -1.33. The minimum atomic E-state index is -1.06. The van der Waals surface area contributed by atoms with Crippen molar-refractivity contribution in [3.8, 4) is 0 Å². The topological polar surface area (TPSA) is 75.3 Å². The monoisotopic (exact) mass is 258 g/mol. The van der Waals surface area contributed by atoms with Crippen molar-refractivity contribution < 1.29 is 9.90 Å². The number of aryl methyl sites for hydroxylation is 1. The summed E-state index contributed by atoms with van der Waals surface area (Å²) in [7, 11) is 0. The van der Waals surface area contributed by atoms with E-state index >= 15 is 0 Å². The lowest BCUT2D eigenvalue weighted by Crippen LogP contribution is -2.37. The number of carboxylic acid groups (broad SMARTS) is 1. The van der Waals surface area contributed by atoms with Crippen molar-refractivity contribution in [2.75, 3.05) is 0 Å². The number of hydrogen-bond acceptors (Lipinski definition) is 2. The van der Waals surface area contributed by atoms with E-state index in [1.165, 1.54) is 0 Å². The average Bonchev–Trinajstić information content (AvgIpc) is 2.18. The number of rotatable bonds is 3. The summed E-state index contributed by atoms with van der Waals surface area (Å²) in [6.45, 7) is 1.79. The molecule has 16 heavy (non-hydrogen) atoms. The Balaban J connectivity index is 3.14. The Labute approximate surface area is 103 Å². The molecule has 0 saturated carbocycles. The zero-order valence-electron chi connectivity index (χ0n) is 8.53. The molecule has 1 unspecified atom stereocenters. The van der Waals surface area contributed by atoms with Crippen LogP contribution in [0.25, 0.3) is 0 Å². The summed E-state index contributed by atoms with van der Waals surface area (Å²) >= 11 is 10.5. The van der Waals surface area contributed by atoms with Gasteiger partial charge in [-0.05, 0) is 42.4 Å². The maximum Gasteiger partial charge on any atom is 0.330 e. The van der Waals surface area contributed by atoms with Gasteiger partial charge in [-0.25, -0.2) is 4.79 Å². The van der Waals surface area contributed by atoms with Gasteiger partial charge in [0.05, 0.1) is 0 Å². The van der Waals surface area contributed by atoms with Crippen LogP contribution in [0.2, 0.25) is 5.02 Å². The van der Waals surface area contributed by atoms with E-state index < -0.39 is 12.0 Å². The molecule has 0 bridgehead atoms. The normalized spacial score (nSPS) is 11.9. The second-order valence-electron chi connectivity index (χ2n) is 3.28. The first-order valence-corrected chi connectivity index (χ1v) is 5.25. The van der Waals surface area contributed by atoms with Crippen LogP contribution in [0.1, 0.15) is 17.2 Å². The zero-order chi connectivity index (χ0) is 12.3. The molecular weight excluding hydrogens is 248 g/mol. The molecule has 0 saturated heterocycles. The van der Waals surface area contributed by atoms with Gasteiger partial charge in [0, 0.05) is 5.02 Å². The van der Waals surface area contributed by atoms with Crippen LogP contribution in [0.4, 0.5) is 0 Å². The van der Waals surface area contributed by atoms with Crippen LogP contribution in [0.5, 0.6) is 0 Å². The maximum atomic E-state index is 11.1. The molecule has 6 heteroatoms. The summed E-state index contributed by atoms with van der Waals surface area (Å²) in [5, 5.41) is 12.0.